The first kappa shape index (κ1) is 11.3. The van der Waals surface area contributed by atoms with Crippen molar-refractivity contribution in [3.8, 4) is 11.4 Å². The van der Waals surface area contributed by atoms with Crippen LogP contribution in [0.25, 0.3) is 22.6 Å². The molecular formula is C13H10N4O2. The van der Waals surface area contributed by atoms with E-state index in [2.05, 4.69) is 15.0 Å². The maximum absolute atomic E-state index is 11.2. The molecule has 1 aromatic carbocycles. The van der Waals surface area contributed by atoms with Gasteiger partial charge < -0.3 is 5.11 Å². The summed E-state index contributed by atoms with van der Waals surface area (Å²) < 4.78 is 1.06. The molecule has 0 aliphatic rings. The number of aryl methyl sites for hydroxylation is 1. The van der Waals surface area contributed by atoms with Gasteiger partial charge in [0.1, 0.15) is 11.3 Å². The van der Waals surface area contributed by atoms with Gasteiger partial charge in [-0.05, 0) is 6.92 Å². The maximum atomic E-state index is 11.2. The van der Waals surface area contributed by atoms with E-state index in [1.165, 1.54) is 6.20 Å². The van der Waals surface area contributed by atoms with Crippen LogP contribution in [0, 0.1) is 6.92 Å². The molecule has 3 aromatic rings. The molecule has 0 fully saturated rings. The minimum Gasteiger partial charge on any atom is -0.464 e. The summed E-state index contributed by atoms with van der Waals surface area (Å²) in [5.74, 6) is 0.859. The highest BCUT2D eigenvalue weighted by Gasteiger charge is 2.15. The molecule has 0 saturated heterocycles. The largest absolute Gasteiger partial charge is 0.464 e. The molecule has 0 unspecified atom stereocenters. The van der Waals surface area contributed by atoms with Gasteiger partial charge in [-0.15, -0.1) is 0 Å². The Morgan fingerprint density at radius 3 is 2.63 bits per heavy atom. The number of carbonyl (C=O) groups is 1. The van der Waals surface area contributed by atoms with Crippen molar-refractivity contribution in [3.05, 3.63) is 42.4 Å². The number of aromatic nitrogens is 4. The first-order valence-electron chi connectivity index (χ1n) is 5.67. The highest BCUT2D eigenvalue weighted by atomic mass is 16.4. The molecule has 2 heterocycles. The molecule has 2 aromatic heterocycles. The Morgan fingerprint density at radius 2 is 1.95 bits per heavy atom. The molecule has 0 amide bonds. The molecular weight excluding hydrogens is 244 g/mol. The number of nitrogens with zero attached hydrogens (tertiary/aromatic N) is 4. The number of benzene rings is 1. The van der Waals surface area contributed by atoms with Gasteiger partial charge >= 0.3 is 6.09 Å². The normalized spacial score (nSPS) is 10.8. The van der Waals surface area contributed by atoms with Gasteiger partial charge in [-0.2, -0.15) is 0 Å². The molecule has 0 bridgehead atoms. The van der Waals surface area contributed by atoms with Gasteiger partial charge in [0.15, 0.2) is 11.5 Å². The van der Waals surface area contributed by atoms with Crippen molar-refractivity contribution in [1.82, 2.24) is 19.5 Å². The Balaban J connectivity index is 2.25. The molecule has 6 heteroatoms. The van der Waals surface area contributed by atoms with Gasteiger partial charge in [0.05, 0.1) is 6.20 Å². The predicted molar refractivity (Wildman–Crippen MR) is 68.9 cm³/mol. The van der Waals surface area contributed by atoms with Crippen LogP contribution in [0.2, 0.25) is 0 Å². The fourth-order valence-electron chi connectivity index (χ4n) is 1.94. The number of carboxylic acid groups (broad SMARTS) is 1. The lowest BCUT2D eigenvalue weighted by molar-refractivity contribution is 0.196. The lowest BCUT2D eigenvalue weighted by Gasteiger charge is -2.01. The quantitative estimate of drug-likeness (QED) is 0.720. The smallest absolute Gasteiger partial charge is 0.418 e. The second kappa shape index (κ2) is 4.16. The Morgan fingerprint density at radius 1 is 1.21 bits per heavy atom. The van der Waals surface area contributed by atoms with E-state index in [4.69, 9.17) is 0 Å². The van der Waals surface area contributed by atoms with Crippen molar-refractivity contribution in [1.29, 1.82) is 0 Å². The molecule has 3 rings (SSSR count). The summed E-state index contributed by atoms with van der Waals surface area (Å²) >= 11 is 0. The summed E-state index contributed by atoms with van der Waals surface area (Å²) in [6.07, 6.45) is 0.439. The number of hydrogen-bond donors (Lipinski definition) is 1. The molecule has 0 spiro atoms. The van der Waals surface area contributed by atoms with Crippen LogP contribution in [-0.2, 0) is 0 Å². The van der Waals surface area contributed by atoms with E-state index in [0.29, 0.717) is 22.8 Å². The zero-order valence-corrected chi connectivity index (χ0v) is 10.1. The molecule has 0 saturated carbocycles. The van der Waals surface area contributed by atoms with Gasteiger partial charge in [0, 0.05) is 5.56 Å². The summed E-state index contributed by atoms with van der Waals surface area (Å²) in [6.45, 7) is 1.62. The van der Waals surface area contributed by atoms with Crippen LogP contribution in [0.1, 0.15) is 5.82 Å². The van der Waals surface area contributed by atoms with Crippen molar-refractivity contribution in [3.63, 3.8) is 0 Å². The third-order valence-electron chi connectivity index (χ3n) is 2.79. The summed E-state index contributed by atoms with van der Waals surface area (Å²) in [5, 5.41) is 9.18. The van der Waals surface area contributed by atoms with Crippen LogP contribution in [0.3, 0.4) is 0 Å². The average molecular weight is 254 g/mol. The Bertz CT molecular complexity index is 765. The molecule has 1 N–H and O–H groups in total. The summed E-state index contributed by atoms with van der Waals surface area (Å²) in [7, 11) is 0. The number of imidazole rings is 1. The first-order valence-corrected chi connectivity index (χ1v) is 5.67. The van der Waals surface area contributed by atoms with E-state index < -0.39 is 6.09 Å². The fourth-order valence-corrected chi connectivity index (χ4v) is 1.94. The Labute approximate surface area is 108 Å². The third kappa shape index (κ3) is 1.83. The van der Waals surface area contributed by atoms with Crippen molar-refractivity contribution < 1.29 is 9.90 Å². The van der Waals surface area contributed by atoms with Gasteiger partial charge in [0.25, 0.3) is 0 Å². The highest BCUT2D eigenvalue weighted by molar-refractivity contribution is 5.84. The molecule has 6 nitrogen and oxygen atoms in total. The summed E-state index contributed by atoms with van der Waals surface area (Å²) in [5.41, 5.74) is 1.61. The van der Waals surface area contributed by atoms with E-state index in [-0.39, 0.29) is 0 Å². The van der Waals surface area contributed by atoms with Crippen molar-refractivity contribution in [2.75, 3.05) is 0 Å². The first-order chi connectivity index (χ1) is 9.16. The van der Waals surface area contributed by atoms with Crippen LogP contribution >= 0.6 is 0 Å². The van der Waals surface area contributed by atoms with Gasteiger partial charge in [-0.1, -0.05) is 30.3 Å². The van der Waals surface area contributed by atoms with Crippen LogP contribution in [-0.4, -0.2) is 30.7 Å². The number of rotatable bonds is 1. The zero-order valence-electron chi connectivity index (χ0n) is 10.1. The third-order valence-corrected chi connectivity index (χ3v) is 2.79. The lowest BCUT2D eigenvalue weighted by Crippen LogP contribution is -2.10. The van der Waals surface area contributed by atoms with Crippen LogP contribution in [0.4, 0.5) is 4.79 Å². The number of hydrogen-bond acceptors (Lipinski definition) is 4. The number of fused-ring (bicyclic) bond motifs is 1. The van der Waals surface area contributed by atoms with Gasteiger partial charge in [-0.25, -0.2) is 24.3 Å². The van der Waals surface area contributed by atoms with E-state index in [9.17, 15) is 9.90 Å². The van der Waals surface area contributed by atoms with Crippen molar-refractivity contribution in [2.45, 2.75) is 6.92 Å². The second-order valence-corrected chi connectivity index (χ2v) is 4.05. The fraction of sp³-hybridized carbons (Fsp3) is 0.0769. The SMILES string of the molecule is Cc1nc2cnc(-c3ccccc3)nc2n1C(=O)O. The zero-order chi connectivity index (χ0) is 13.4. The van der Waals surface area contributed by atoms with Crippen LogP contribution in [0.15, 0.2) is 36.5 Å². The van der Waals surface area contributed by atoms with Crippen LogP contribution < -0.4 is 0 Å². The van der Waals surface area contributed by atoms with E-state index in [1.807, 2.05) is 30.3 Å². The molecule has 0 aliphatic heterocycles. The standard InChI is InChI=1S/C13H10N4O2/c1-8-15-10-7-14-11(9-5-3-2-4-6-9)16-12(10)17(8)13(18)19/h2-7H,1H3,(H,18,19). The predicted octanol–water partition coefficient (Wildman–Crippen LogP) is 2.33. The van der Waals surface area contributed by atoms with E-state index in [1.54, 1.807) is 6.92 Å². The molecule has 0 atom stereocenters. The second-order valence-electron chi connectivity index (χ2n) is 4.05. The Hall–Kier alpha value is -2.76. The minimum atomic E-state index is -1.10. The molecule has 94 valence electrons. The van der Waals surface area contributed by atoms with Crippen molar-refractivity contribution in [2.24, 2.45) is 0 Å². The van der Waals surface area contributed by atoms with Crippen molar-refractivity contribution >= 4 is 17.3 Å². The van der Waals surface area contributed by atoms with Gasteiger partial charge in [-0.3, -0.25) is 0 Å². The molecule has 19 heavy (non-hydrogen) atoms. The monoisotopic (exact) mass is 254 g/mol. The maximum Gasteiger partial charge on any atom is 0.418 e. The van der Waals surface area contributed by atoms with Crippen LogP contribution in [0.5, 0.6) is 0 Å². The Kier molecular flexibility index (Phi) is 2.49. The minimum absolute atomic E-state index is 0.304. The van der Waals surface area contributed by atoms with E-state index >= 15 is 0 Å². The average Bonchev–Trinajstić information content (AvgIpc) is 2.74. The summed E-state index contributed by atoms with van der Waals surface area (Å²) in [6, 6.07) is 9.39. The molecule has 0 aliphatic carbocycles. The van der Waals surface area contributed by atoms with E-state index in [0.717, 1.165) is 10.1 Å². The highest BCUT2D eigenvalue weighted by Crippen LogP contribution is 2.18. The van der Waals surface area contributed by atoms with Gasteiger partial charge in [0.2, 0.25) is 0 Å². The molecule has 0 radical (unpaired) electrons. The summed E-state index contributed by atoms with van der Waals surface area (Å²) in [4.78, 5) is 23.8. The lowest BCUT2D eigenvalue weighted by atomic mass is 10.2. The topological polar surface area (TPSA) is 80.9 Å².